The summed E-state index contributed by atoms with van der Waals surface area (Å²) < 4.78 is 44.0. The number of anilines is 2. The van der Waals surface area contributed by atoms with Crippen LogP contribution in [-0.4, -0.2) is 33.1 Å². The SMILES string of the molecule is [2H]C(c1ccc(-c2ccc(N(C)C)cc2)cc1F)N(C(=O)C1CCCCC1)c1cc(F)cc(/C=C/C(=O)OC)c1. The molecule has 1 saturated carbocycles. The summed E-state index contributed by atoms with van der Waals surface area (Å²) in [6.45, 7) is -1.45. The number of esters is 1. The van der Waals surface area contributed by atoms with Crippen molar-refractivity contribution < 1.29 is 24.5 Å². The Morgan fingerprint density at radius 3 is 2.28 bits per heavy atom. The fourth-order valence-electron chi connectivity index (χ4n) is 4.78. The number of benzene rings is 3. The number of halogens is 2. The first-order valence-electron chi connectivity index (χ1n) is 13.6. The molecule has 0 aromatic heterocycles. The lowest BCUT2D eigenvalue weighted by molar-refractivity contribution is -0.134. The topological polar surface area (TPSA) is 49.9 Å². The van der Waals surface area contributed by atoms with Gasteiger partial charge in [-0.3, -0.25) is 4.79 Å². The van der Waals surface area contributed by atoms with Gasteiger partial charge in [0.05, 0.1) is 15.0 Å². The van der Waals surface area contributed by atoms with Gasteiger partial charge in [0.2, 0.25) is 5.91 Å². The second-order valence-electron chi connectivity index (χ2n) is 9.95. The Kier molecular flexibility index (Phi) is 8.66. The third kappa shape index (κ3) is 7.11. The van der Waals surface area contributed by atoms with Crippen molar-refractivity contribution in [3.8, 4) is 11.1 Å². The number of methoxy groups -OCH3 is 1. The molecule has 0 spiro atoms. The molecule has 0 saturated heterocycles. The van der Waals surface area contributed by atoms with Crippen LogP contribution in [0.25, 0.3) is 17.2 Å². The molecular formula is C32H34F2N2O3. The summed E-state index contributed by atoms with van der Waals surface area (Å²) in [6.07, 6.45) is 6.65. The molecule has 0 aliphatic heterocycles. The number of hydrogen-bond donors (Lipinski definition) is 0. The van der Waals surface area contributed by atoms with Crippen LogP contribution < -0.4 is 9.80 Å². The van der Waals surface area contributed by atoms with Crippen molar-refractivity contribution in [3.05, 3.63) is 89.5 Å². The van der Waals surface area contributed by atoms with Gasteiger partial charge in [0.1, 0.15) is 11.6 Å². The van der Waals surface area contributed by atoms with Crippen LogP contribution in [-0.2, 0) is 20.8 Å². The van der Waals surface area contributed by atoms with E-state index in [0.29, 0.717) is 24.0 Å². The van der Waals surface area contributed by atoms with Crippen molar-refractivity contribution in [2.24, 2.45) is 5.92 Å². The highest BCUT2D eigenvalue weighted by molar-refractivity contribution is 5.95. The Morgan fingerprint density at radius 2 is 1.64 bits per heavy atom. The molecule has 1 aliphatic rings. The average molecular weight is 534 g/mol. The first-order chi connectivity index (χ1) is 19.2. The summed E-state index contributed by atoms with van der Waals surface area (Å²) in [5, 5.41) is 0. The molecule has 39 heavy (non-hydrogen) atoms. The summed E-state index contributed by atoms with van der Waals surface area (Å²) in [6, 6.07) is 16.2. The standard InChI is InChI=1S/C32H34F2N2O3/c1-35(2)28-14-12-23(13-15-28)25-10-11-26(30(34)19-25)21-36(32(38)24-7-5-4-6-8-24)29-18-22(17-27(33)20-29)9-16-31(37)39-3/h9-20,24H,4-8,21H2,1-3H3/b16-9+/i21D. The Bertz CT molecular complexity index is 1390. The van der Waals surface area contributed by atoms with E-state index >= 15 is 4.39 Å². The van der Waals surface area contributed by atoms with Gasteiger partial charge in [0.15, 0.2) is 0 Å². The number of ether oxygens (including phenoxy) is 1. The summed E-state index contributed by atoms with van der Waals surface area (Å²) >= 11 is 0. The highest BCUT2D eigenvalue weighted by Crippen LogP contribution is 2.31. The van der Waals surface area contributed by atoms with Crippen LogP contribution in [0.4, 0.5) is 20.2 Å². The summed E-state index contributed by atoms with van der Waals surface area (Å²) in [4.78, 5) is 28.5. The third-order valence-corrected chi connectivity index (χ3v) is 6.97. The monoisotopic (exact) mass is 533 g/mol. The van der Waals surface area contributed by atoms with Crippen molar-refractivity contribution >= 4 is 29.3 Å². The van der Waals surface area contributed by atoms with E-state index in [1.807, 2.05) is 43.3 Å². The molecule has 1 unspecified atom stereocenters. The Labute approximate surface area is 230 Å². The van der Waals surface area contributed by atoms with Crippen molar-refractivity contribution in [1.29, 1.82) is 0 Å². The fraction of sp³-hybridized carbons (Fsp3) is 0.312. The maximum atomic E-state index is 15.6. The lowest BCUT2D eigenvalue weighted by atomic mass is 9.88. The molecule has 1 fully saturated rings. The number of carbonyl (C=O) groups excluding carboxylic acids is 2. The van der Waals surface area contributed by atoms with Crippen LogP contribution >= 0.6 is 0 Å². The van der Waals surface area contributed by atoms with Gasteiger partial charge in [-0.05, 0) is 72.0 Å². The third-order valence-electron chi connectivity index (χ3n) is 6.97. The molecule has 7 heteroatoms. The van der Waals surface area contributed by atoms with Crippen LogP contribution in [0.5, 0.6) is 0 Å². The molecule has 0 radical (unpaired) electrons. The maximum absolute atomic E-state index is 15.6. The molecule has 1 atom stereocenters. The summed E-state index contributed by atoms with van der Waals surface area (Å²) in [5.41, 5.74) is 2.92. The molecule has 204 valence electrons. The predicted molar refractivity (Wildman–Crippen MR) is 151 cm³/mol. The van der Waals surface area contributed by atoms with Gasteiger partial charge in [-0.15, -0.1) is 0 Å². The molecular weight excluding hydrogens is 498 g/mol. The predicted octanol–water partition coefficient (Wildman–Crippen LogP) is 7.00. The van der Waals surface area contributed by atoms with Crippen LogP contribution in [0.2, 0.25) is 0 Å². The highest BCUT2D eigenvalue weighted by Gasteiger charge is 2.28. The summed E-state index contributed by atoms with van der Waals surface area (Å²) in [5.74, 6) is -2.56. The minimum absolute atomic E-state index is 0.00809. The molecule has 0 bridgehead atoms. The van der Waals surface area contributed by atoms with Gasteiger partial charge < -0.3 is 14.5 Å². The lowest BCUT2D eigenvalue weighted by Gasteiger charge is -2.30. The van der Waals surface area contributed by atoms with Crippen molar-refractivity contribution in [3.63, 3.8) is 0 Å². The first kappa shape index (κ1) is 26.6. The van der Waals surface area contributed by atoms with E-state index in [0.717, 1.165) is 42.7 Å². The Hall–Kier alpha value is -4.00. The largest absolute Gasteiger partial charge is 0.466 e. The minimum atomic E-state index is -1.45. The van der Waals surface area contributed by atoms with E-state index in [1.165, 1.54) is 42.4 Å². The van der Waals surface area contributed by atoms with Crippen LogP contribution in [0.3, 0.4) is 0 Å². The normalized spacial score (nSPS) is 15.1. The molecule has 4 rings (SSSR count). The number of nitrogens with zero attached hydrogens (tertiary/aromatic N) is 2. The fourth-order valence-corrected chi connectivity index (χ4v) is 4.78. The van der Waals surface area contributed by atoms with E-state index in [4.69, 9.17) is 1.37 Å². The van der Waals surface area contributed by atoms with E-state index in [9.17, 15) is 14.0 Å². The van der Waals surface area contributed by atoms with Crippen LogP contribution in [0.15, 0.2) is 66.7 Å². The zero-order valence-corrected chi connectivity index (χ0v) is 22.5. The van der Waals surface area contributed by atoms with Gasteiger partial charge in [0, 0.05) is 43.0 Å². The maximum Gasteiger partial charge on any atom is 0.330 e. The van der Waals surface area contributed by atoms with Gasteiger partial charge in [-0.1, -0.05) is 43.5 Å². The molecule has 3 aromatic rings. The van der Waals surface area contributed by atoms with Crippen molar-refractivity contribution in [2.75, 3.05) is 31.0 Å². The van der Waals surface area contributed by atoms with E-state index in [2.05, 4.69) is 4.74 Å². The number of amides is 1. The molecule has 1 aliphatic carbocycles. The van der Waals surface area contributed by atoms with Crippen LogP contribution in [0, 0.1) is 17.6 Å². The van der Waals surface area contributed by atoms with Crippen molar-refractivity contribution in [2.45, 2.75) is 38.6 Å². The lowest BCUT2D eigenvalue weighted by Crippen LogP contribution is -2.37. The minimum Gasteiger partial charge on any atom is -0.466 e. The number of rotatable bonds is 8. The molecule has 0 heterocycles. The average Bonchev–Trinajstić information content (AvgIpc) is 2.96. The van der Waals surface area contributed by atoms with Gasteiger partial charge >= 0.3 is 5.97 Å². The van der Waals surface area contributed by atoms with Crippen LogP contribution in [0.1, 0.15) is 44.6 Å². The van der Waals surface area contributed by atoms with Gasteiger partial charge in [-0.25, -0.2) is 13.6 Å². The summed E-state index contributed by atoms with van der Waals surface area (Å²) in [7, 11) is 5.11. The zero-order valence-electron chi connectivity index (χ0n) is 23.5. The zero-order chi connectivity index (χ0) is 28.8. The van der Waals surface area contributed by atoms with Gasteiger partial charge in [0.25, 0.3) is 0 Å². The second-order valence-corrected chi connectivity index (χ2v) is 9.95. The molecule has 5 nitrogen and oxygen atoms in total. The van der Waals surface area contributed by atoms with E-state index < -0.39 is 24.1 Å². The second kappa shape index (κ2) is 12.7. The quantitative estimate of drug-likeness (QED) is 0.231. The Morgan fingerprint density at radius 1 is 0.949 bits per heavy atom. The number of carbonyl (C=O) groups is 2. The smallest absolute Gasteiger partial charge is 0.330 e. The molecule has 3 aromatic carbocycles. The highest BCUT2D eigenvalue weighted by atomic mass is 19.1. The number of hydrogen-bond acceptors (Lipinski definition) is 4. The van der Waals surface area contributed by atoms with Crippen molar-refractivity contribution in [1.82, 2.24) is 0 Å². The van der Waals surface area contributed by atoms with Gasteiger partial charge in [-0.2, -0.15) is 0 Å². The molecule has 1 amide bonds. The Balaban J connectivity index is 1.72. The van der Waals surface area contributed by atoms with E-state index in [1.54, 1.807) is 6.07 Å². The molecule has 0 N–H and O–H groups in total. The first-order valence-corrected chi connectivity index (χ1v) is 13.1. The van der Waals surface area contributed by atoms with E-state index in [-0.39, 0.29) is 23.1 Å².